The third-order valence-corrected chi connectivity index (χ3v) is 2.84. The van der Waals surface area contributed by atoms with Gasteiger partial charge in [0.2, 0.25) is 5.91 Å². The lowest BCUT2D eigenvalue weighted by Crippen LogP contribution is -2.34. The van der Waals surface area contributed by atoms with Crippen molar-refractivity contribution in [1.29, 1.82) is 0 Å². The number of hydrogen-bond donors (Lipinski definition) is 0. The second kappa shape index (κ2) is 6.01. The Labute approximate surface area is 108 Å². The Morgan fingerprint density at radius 3 is 2.75 bits per heavy atom. The maximum absolute atomic E-state index is 11.6. The van der Waals surface area contributed by atoms with Gasteiger partial charge in [-0.3, -0.25) is 4.79 Å². The van der Waals surface area contributed by atoms with E-state index in [1.807, 2.05) is 19.1 Å². The van der Waals surface area contributed by atoms with Crippen molar-refractivity contribution >= 4 is 45.4 Å². The van der Waals surface area contributed by atoms with E-state index in [0.29, 0.717) is 12.0 Å². The number of halogens is 2. The fraction of sp³-hybridized carbons (Fsp3) is 0.273. The average Bonchev–Trinajstić information content (AvgIpc) is 2.26. The number of aryl methyl sites for hydroxylation is 1. The Bertz CT molecular complexity index is 409. The second-order valence-electron chi connectivity index (χ2n) is 3.24. The summed E-state index contributed by atoms with van der Waals surface area (Å²) in [6.45, 7) is 1.90. The minimum atomic E-state index is -0.279. The number of carbonyl (C=O) groups excluding carboxylic acids is 2. The summed E-state index contributed by atoms with van der Waals surface area (Å²) in [5, 5.41) is 0. The highest BCUT2D eigenvalue weighted by atomic mass is 79.9. The lowest BCUT2D eigenvalue weighted by molar-refractivity contribution is -0.117. The van der Waals surface area contributed by atoms with Gasteiger partial charge in [-0.1, -0.05) is 15.9 Å². The van der Waals surface area contributed by atoms with E-state index in [4.69, 9.17) is 11.6 Å². The lowest BCUT2D eigenvalue weighted by atomic mass is 10.2. The van der Waals surface area contributed by atoms with Gasteiger partial charge >= 0.3 is 0 Å². The van der Waals surface area contributed by atoms with Crippen LogP contribution >= 0.6 is 27.5 Å². The van der Waals surface area contributed by atoms with Crippen molar-refractivity contribution < 1.29 is 9.59 Å². The largest absolute Gasteiger partial charge is 0.304 e. The van der Waals surface area contributed by atoms with Crippen LogP contribution in [0.4, 0.5) is 5.69 Å². The molecule has 16 heavy (non-hydrogen) atoms. The normalized spacial score (nSPS) is 9.94. The van der Waals surface area contributed by atoms with Gasteiger partial charge in [0.15, 0.2) is 0 Å². The first-order valence-electron chi connectivity index (χ1n) is 4.66. The standard InChI is InChI=1S/C11H11BrClNO2/c1-8-6-9(12)2-3-10(8)14(4-5-15)11(16)7-13/h2-3,5-6H,4,7H2,1H3. The molecule has 0 saturated heterocycles. The second-order valence-corrected chi connectivity index (χ2v) is 4.42. The number of carbonyl (C=O) groups is 2. The first kappa shape index (κ1) is 13.2. The maximum Gasteiger partial charge on any atom is 0.242 e. The third-order valence-electron chi connectivity index (χ3n) is 2.12. The van der Waals surface area contributed by atoms with Gasteiger partial charge in [-0.15, -0.1) is 11.6 Å². The Morgan fingerprint density at radius 2 is 2.25 bits per heavy atom. The van der Waals surface area contributed by atoms with E-state index in [2.05, 4.69) is 15.9 Å². The van der Waals surface area contributed by atoms with Crippen LogP contribution in [0.15, 0.2) is 22.7 Å². The van der Waals surface area contributed by atoms with Crippen LogP contribution in [-0.4, -0.2) is 24.6 Å². The number of aldehydes is 1. The highest BCUT2D eigenvalue weighted by Crippen LogP contribution is 2.23. The molecule has 0 fully saturated rings. The fourth-order valence-corrected chi connectivity index (χ4v) is 2.02. The van der Waals surface area contributed by atoms with Crippen molar-refractivity contribution in [3.8, 4) is 0 Å². The summed E-state index contributed by atoms with van der Waals surface area (Å²) in [6, 6.07) is 5.49. The summed E-state index contributed by atoms with van der Waals surface area (Å²) in [5.41, 5.74) is 1.62. The van der Waals surface area contributed by atoms with E-state index in [1.54, 1.807) is 6.07 Å². The molecule has 0 N–H and O–H groups in total. The van der Waals surface area contributed by atoms with Crippen LogP contribution in [0.2, 0.25) is 0 Å². The molecule has 0 aliphatic heterocycles. The van der Waals surface area contributed by atoms with Crippen LogP contribution < -0.4 is 4.90 Å². The molecule has 0 unspecified atom stereocenters. The van der Waals surface area contributed by atoms with Crippen molar-refractivity contribution in [2.45, 2.75) is 6.92 Å². The Balaban J connectivity index is 3.10. The predicted molar refractivity (Wildman–Crippen MR) is 68.0 cm³/mol. The number of anilines is 1. The summed E-state index contributed by atoms with van der Waals surface area (Å²) in [7, 11) is 0. The van der Waals surface area contributed by atoms with Crippen LogP contribution in [0.5, 0.6) is 0 Å². The molecule has 0 aromatic heterocycles. The third kappa shape index (κ3) is 3.06. The minimum absolute atomic E-state index is 0.0219. The van der Waals surface area contributed by atoms with Gasteiger partial charge in [-0.2, -0.15) is 0 Å². The molecule has 1 aromatic rings. The van der Waals surface area contributed by atoms with Gasteiger partial charge in [0.25, 0.3) is 0 Å². The van der Waals surface area contributed by atoms with E-state index in [0.717, 1.165) is 10.0 Å². The zero-order valence-corrected chi connectivity index (χ0v) is 11.1. The summed E-state index contributed by atoms with van der Waals surface area (Å²) in [4.78, 5) is 23.5. The summed E-state index contributed by atoms with van der Waals surface area (Å²) in [5.74, 6) is -0.414. The van der Waals surface area contributed by atoms with Crippen molar-refractivity contribution in [2.24, 2.45) is 0 Å². The van der Waals surface area contributed by atoms with Crippen LogP contribution in [0.25, 0.3) is 0 Å². The van der Waals surface area contributed by atoms with E-state index in [9.17, 15) is 9.59 Å². The first-order valence-corrected chi connectivity index (χ1v) is 5.99. The van der Waals surface area contributed by atoms with Gasteiger partial charge in [-0.05, 0) is 30.7 Å². The topological polar surface area (TPSA) is 37.4 Å². The van der Waals surface area contributed by atoms with Crippen molar-refractivity contribution in [1.82, 2.24) is 0 Å². The Morgan fingerprint density at radius 1 is 1.56 bits per heavy atom. The molecule has 0 aliphatic rings. The fourth-order valence-electron chi connectivity index (χ4n) is 1.40. The molecule has 0 spiro atoms. The van der Waals surface area contributed by atoms with Gasteiger partial charge < -0.3 is 9.69 Å². The van der Waals surface area contributed by atoms with Gasteiger partial charge in [0.1, 0.15) is 12.2 Å². The molecule has 0 bridgehead atoms. The van der Waals surface area contributed by atoms with Crippen molar-refractivity contribution in [3.63, 3.8) is 0 Å². The summed E-state index contributed by atoms with van der Waals surface area (Å²) < 4.78 is 0.929. The molecular formula is C11H11BrClNO2. The molecule has 1 amide bonds. The Kier molecular flexibility index (Phi) is 4.96. The number of amides is 1. The Hall–Kier alpha value is -0.870. The first-order chi connectivity index (χ1) is 7.60. The number of rotatable bonds is 4. The quantitative estimate of drug-likeness (QED) is 0.633. The molecule has 5 heteroatoms. The van der Waals surface area contributed by atoms with Gasteiger partial charge in [0.05, 0.1) is 6.54 Å². The molecule has 0 atom stereocenters. The van der Waals surface area contributed by atoms with Crippen LogP contribution in [0.3, 0.4) is 0 Å². The molecular weight excluding hydrogens is 293 g/mol. The average molecular weight is 305 g/mol. The smallest absolute Gasteiger partial charge is 0.242 e. The number of hydrogen-bond acceptors (Lipinski definition) is 2. The predicted octanol–water partition coefficient (Wildman–Crippen LogP) is 2.53. The molecule has 0 radical (unpaired) electrons. The zero-order chi connectivity index (χ0) is 12.1. The monoisotopic (exact) mass is 303 g/mol. The van der Waals surface area contributed by atoms with E-state index in [1.165, 1.54) is 4.90 Å². The number of benzene rings is 1. The molecule has 1 rings (SSSR count). The number of alkyl halides is 1. The summed E-state index contributed by atoms with van der Waals surface area (Å²) >= 11 is 8.84. The number of nitrogens with zero attached hydrogens (tertiary/aromatic N) is 1. The van der Waals surface area contributed by atoms with Crippen molar-refractivity contribution in [3.05, 3.63) is 28.2 Å². The maximum atomic E-state index is 11.6. The molecule has 0 aliphatic carbocycles. The van der Waals surface area contributed by atoms with Gasteiger partial charge in [0, 0.05) is 10.2 Å². The van der Waals surface area contributed by atoms with Crippen LogP contribution in [-0.2, 0) is 9.59 Å². The SMILES string of the molecule is Cc1cc(Br)ccc1N(CC=O)C(=O)CCl. The molecule has 1 aromatic carbocycles. The van der Waals surface area contributed by atoms with Gasteiger partial charge in [-0.25, -0.2) is 0 Å². The lowest BCUT2D eigenvalue weighted by Gasteiger charge is -2.21. The van der Waals surface area contributed by atoms with Crippen molar-refractivity contribution in [2.75, 3.05) is 17.3 Å². The van der Waals surface area contributed by atoms with E-state index < -0.39 is 0 Å². The highest BCUT2D eigenvalue weighted by Gasteiger charge is 2.15. The summed E-state index contributed by atoms with van der Waals surface area (Å²) in [6.07, 6.45) is 0.686. The van der Waals surface area contributed by atoms with Crippen LogP contribution in [0, 0.1) is 6.92 Å². The molecule has 86 valence electrons. The molecule has 0 heterocycles. The zero-order valence-electron chi connectivity index (χ0n) is 8.74. The van der Waals surface area contributed by atoms with E-state index in [-0.39, 0.29) is 18.3 Å². The minimum Gasteiger partial charge on any atom is -0.304 e. The highest BCUT2D eigenvalue weighted by molar-refractivity contribution is 9.10. The molecule has 0 saturated carbocycles. The van der Waals surface area contributed by atoms with Crippen LogP contribution in [0.1, 0.15) is 5.56 Å². The molecule has 3 nitrogen and oxygen atoms in total. The van der Waals surface area contributed by atoms with E-state index >= 15 is 0 Å².